The maximum atomic E-state index is 12.9. The number of benzene rings is 1. The van der Waals surface area contributed by atoms with Crippen LogP contribution in [0.15, 0.2) is 35.9 Å². The largest absolute Gasteiger partial charge is 0.496 e. The van der Waals surface area contributed by atoms with Crippen LogP contribution in [0.3, 0.4) is 0 Å². The second-order valence-electron chi connectivity index (χ2n) is 7.49. The molecule has 2 amide bonds. The van der Waals surface area contributed by atoms with Crippen LogP contribution in [-0.4, -0.2) is 54.4 Å². The fourth-order valence-electron chi connectivity index (χ4n) is 3.89. The van der Waals surface area contributed by atoms with Gasteiger partial charge < -0.3 is 14.5 Å². The second-order valence-corrected chi connectivity index (χ2v) is 7.49. The van der Waals surface area contributed by atoms with Crippen molar-refractivity contribution < 1.29 is 14.3 Å². The van der Waals surface area contributed by atoms with Gasteiger partial charge in [0.05, 0.1) is 19.4 Å². The SMILES string of the molecule is COc1ccccc1CC(=O)N1CC2CCC(C1)N(CC=C(C)C)C2=O. The van der Waals surface area contributed by atoms with Crippen LogP contribution in [-0.2, 0) is 16.0 Å². The topological polar surface area (TPSA) is 49.9 Å². The van der Waals surface area contributed by atoms with E-state index in [1.807, 2.05) is 47.9 Å². The molecule has 0 radical (unpaired) electrons. The maximum absolute atomic E-state index is 12.9. The molecule has 140 valence electrons. The Morgan fingerprint density at radius 3 is 2.73 bits per heavy atom. The summed E-state index contributed by atoms with van der Waals surface area (Å²) in [5.74, 6) is 0.940. The van der Waals surface area contributed by atoms with Crippen LogP contribution in [0.4, 0.5) is 0 Å². The highest BCUT2D eigenvalue weighted by atomic mass is 16.5. The Morgan fingerprint density at radius 2 is 2.00 bits per heavy atom. The number of piperidine rings is 1. The molecule has 3 fully saturated rings. The summed E-state index contributed by atoms with van der Waals surface area (Å²) in [6.07, 6.45) is 4.27. The zero-order valence-electron chi connectivity index (χ0n) is 15.9. The number of hydrogen-bond acceptors (Lipinski definition) is 3. The molecular formula is C21H28N2O3. The van der Waals surface area contributed by atoms with Gasteiger partial charge >= 0.3 is 0 Å². The van der Waals surface area contributed by atoms with E-state index in [0.29, 0.717) is 26.1 Å². The molecular weight excluding hydrogens is 328 g/mol. The van der Waals surface area contributed by atoms with Gasteiger partial charge in [-0.25, -0.2) is 0 Å². The third-order valence-corrected chi connectivity index (χ3v) is 5.38. The third kappa shape index (κ3) is 3.92. The van der Waals surface area contributed by atoms with E-state index in [1.54, 1.807) is 7.11 Å². The smallest absolute Gasteiger partial charge is 0.228 e. The Hall–Kier alpha value is -2.30. The quantitative estimate of drug-likeness (QED) is 0.762. The molecule has 0 saturated carbocycles. The monoisotopic (exact) mass is 356 g/mol. The predicted molar refractivity (Wildman–Crippen MR) is 101 cm³/mol. The molecule has 0 spiro atoms. The highest BCUT2D eigenvalue weighted by Gasteiger charge is 2.41. The summed E-state index contributed by atoms with van der Waals surface area (Å²) in [6.45, 7) is 5.91. The van der Waals surface area contributed by atoms with Gasteiger partial charge in [-0.2, -0.15) is 0 Å². The zero-order chi connectivity index (χ0) is 18.7. The number of ether oxygens (including phenoxy) is 1. The number of carbonyl (C=O) groups is 2. The van der Waals surface area contributed by atoms with Crippen LogP contribution in [0.1, 0.15) is 32.3 Å². The van der Waals surface area contributed by atoms with Crippen molar-refractivity contribution in [2.45, 2.75) is 39.2 Å². The average Bonchev–Trinajstić information content (AvgIpc) is 2.91. The van der Waals surface area contributed by atoms with Crippen molar-refractivity contribution in [2.24, 2.45) is 5.92 Å². The van der Waals surface area contributed by atoms with E-state index < -0.39 is 0 Å². The predicted octanol–water partition coefficient (Wildman–Crippen LogP) is 2.65. The number of methoxy groups -OCH3 is 1. The van der Waals surface area contributed by atoms with Crippen LogP contribution in [0.2, 0.25) is 0 Å². The Morgan fingerprint density at radius 1 is 1.23 bits per heavy atom. The Balaban J connectivity index is 1.73. The molecule has 3 aliphatic rings. The number of allylic oxidation sites excluding steroid dienone is 1. The summed E-state index contributed by atoms with van der Waals surface area (Å²) < 4.78 is 5.36. The summed E-state index contributed by atoms with van der Waals surface area (Å²) in [5, 5.41) is 0. The molecule has 3 saturated heterocycles. The summed E-state index contributed by atoms with van der Waals surface area (Å²) >= 11 is 0. The molecule has 2 bridgehead atoms. The van der Waals surface area contributed by atoms with Crippen molar-refractivity contribution in [3.05, 3.63) is 41.5 Å². The summed E-state index contributed by atoms with van der Waals surface area (Å²) in [7, 11) is 1.62. The Kier molecular flexibility index (Phi) is 5.64. The highest BCUT2D eigenvalue weighted by Crippen LogP contribution is 2.30. The lowest BCUT2D eigenvalue weighted by atomic mass is 9.94. The average molecular weight is 356 g/mol. The Labute approximate surface area is 155 Å². The molecule has 1 aromatic rings. The maximum Gasteiger partial charge on any atom is 0.228 e. The molecule has 0 aliphatic carbocycles. The molecule has 2 unspecified atom stereocenters. The van der Waals surface area contributed by atoms with Crippen LogP contribution in [0, 0.1) is 5.92 Å². The van der Waals surface area contributed by atoms with Gasteiger partial charge in [-0.15, -0.1) is 0 Å². The minimum absolute atomic E-state index is 0.0686. The van der Waals surface area contributed by atoms with Gasteiger partial charge in [0.15, 0.2) is 0 Å². The minimum Gasteiger partial charge on any atom is -0.496 e. The molecule has 0 aromatic heterocycles. The number of amides is 2. The number of nitrogens with zero attached hydrogens (tertiary/aromatic N) is 2. The first-order valence-corrected chi connectivity index (χ1v) is 9.33. The van der Waals surface area contributed by atoms with Gasteiger partial charge in [0.25, 0.3) is 0 Å². The van der Waals surface area contributed by atoms with E-state index >= 15 is 0 Å². The first kappa shape index (κ1) is 18.5. The number of carbonyl (C=O) groups excluding carboxylic acids is 2. The van der Waals surface area contributed by atoms with E-state index in [0.717, 1.165) is 24.2 Å². The third-order valence-electron chi connectivity index (χ3n) is 5.38. The number of rotatable bonds is 5. The fourth-order valence-corrected chi connectivity index (χ4v) is 3.89. The van der Waals surface area contributed by atoms with E-state index in [9.17, 15) is 9.59 Å². The van der Waals surface area contributed by atoms with Crippen LogP contribution in [0.5, 0.6) is 5.75 Å². The molecule has 1 aromatic carbocycles. The van der Waals surface area contributed by atoms with Crippen molar-refractivity contribution in [1.82, 2.24) is 9.80 Å². The van der Waals surface area contributed by atoms with E-state index in [1.165, 1.54) is 5.57 Å². The van der Waals surface area contributed by atoms with Crippen LogP contribution >= 0.6 is 0 Å². The summed E-state index contributed by atoms with van der Waals surface area (Å²) in [5.41, 5.74) is 2.10. The van der Waals surface area contributed by atoms with Gasteiger partial charge in [0.1, 0.15) is 5.75 Å². The fraction of sp³-hybridized carbons (Fsp3) is 0.524. The van der Waals surface area contributed by atoms with Gasteiger partial charge in [0.2, 0.25) is 11.8 Å². The van der Waals surface area contributed by atoms with Gasteiger partial charge in [-0.1, -0.05) is 29.8 Å². The van der Waals surface area contributed by atoms with E-state index in [2.05, 4.69) is 6.08 Å². The molecule has 2 atom stereocenters. The van der Waals surface area contributed by atoms with Crippen molar-refractivity contribution >= 4 is 11.8 Å². The molecule has 5 heteroatoms. The molecule has 26 heavy (non-hydrogen) atoms. The first-order chi connectivity index (χ1) is 12.5. The van der Waals surface area contributed by atoms with Gasteiger partial charge in [-0.05, 0) is 32.8 Å². The summed E-state index contributed by atoms with van der Waals surface area (Å²) in [6, 6.07) is 7.74. The molecule has 3 aliphatic heterocycles. The van der Waals surface area contributed by atoms with Crippen molar-refractivity contribution in [3.8, 4) is 5.75 Å². The molecule has 0 N–H and O–H groups in total. The van der Waals surface area contributed by atoms with E-state index in [4.69, 9.17) is 4.74 Å². The zero-order valence-corrected chi connectivity index (χ0v) is 15.9. The van der Waals surface area contributed by atoms with Crippen LogP contribution < -0.4 is 4.74 Å². The van der Waals surface area contributed by atoms with Gasteiger partial charge in [-0.3, -0.25) is 9.59 Å². The van der Waals surface area contributed by atoms with Crippen LogP contribution in [0.25, 0.3) is 0 Å². The number of hydrogen-bond donors (Lipinski definition) is 0. The lowest BCUT2D eigenvalue weighted by Crippen LogP contribution is -2.48. The minimum atomic E-state index is -0.0686. The van der Waals surface area contributed by atoms with E-state index in [-0.39, 0.29) is 23.8 Å². The highest BCUT2D eigenvalue weighted by molar-refractivity contribution is 5.84. The van der Waals surface area contributed by atoms with Gasteiger partial charge in [0, 0.05) is 31.2 Å². The lowest BCUT2D eigenvalue weighted by molar-refractivity contribution is -0.139. The lowest BCUT2D eigenvalue weighted by Gasteiger charge is -2.35. The van der Waals surface area contributed by atoms with Crippen molar-refractivity contribution in [3.63, 3.8) is 0 Å². The number of para-hydroxylation sites is 1. The molecule has 3 heterocycles. The first-order valence-electron chi connectivity index (χ1n) is 9.33. The number of fused-ring (bicyclic) bond motifs is 4. The molecule has 5 nitrogen and oxygen atoms in total. The normalized spacial score (nSPS) is 22.2. The summed E-state index contributed by atoms with van der Waals surface area (Å²) in [4.78, 5) is 29.6. The standard InChI is InChI=1S/C21H28N2O3/c1-15(2)10-11-23-18-9-8-17(21(23)25)13-22(14-18)20(24)12-16-6-4-5-7-19(16)26-3/h4-7,10,17-18H,8-9,11-14H2,1-3H3. The molecule has 4 rings (SSSR count). The van der Waals surface area contributed by atoms with Crippen molar-refractivity contribution in [2.75, 3.05) is 26.7 Å². The Bertz CT molecular complexity index is 709. The van der Waals surface area contributed by atoms with Crippen molar-refractivity contribution in [1.29, 1.82) is 0 Å². The second kappa shape index (κ2) is 7.94.